The van der Waals surface area contributed by atoms with Crippen molar-refractivity contribution in [3.05, 3.63) is 35.4 Å². The summed E-state index contributed by atoms with van der Waals surface area (Å²) < 4.78 is 50.9. The Balaban J connectivity index is 1.96. The summed E-state index contributed by atoms with van der Waals surface area (Å²) in [5.41, 5.74) is 0.359. The van der Waals surface area contributed by atoms with Crippen molar-refractivity contribution < 1.29 is 22.9 Å². The number of nitrogens with zero attached hydrogens (tertiary/aromatic N) is 2. The standard InChI is InChI=1S/C23H34F2N2O3S/c1-16(26-31(29)22(5,6)7)18-9-8-10-19(13-18)23(24,25)12-11-17-14-27(15-17)20(28)30-21(2,3)4/h8-10,13,17H,11-12,14-15H2,1-7H3. The van der Waals surface area contributed by atoms with E-state index < -0.39 is 33.7 Å². The first-order valence-corrected chi connectivity index (χ1v) is 11.6. The van der Waals surface area contributed by atoms with Crippen molar-refractivity contribution in [2.75, 3.05) is 13.1 Å². The van der Waals surface area contributed by atoms with E-state index in [4.69, 9.17) is 4.74 Å². The van der Waals surface area contributed by atoms with Crippen LogP contribution in [-0.4, -0.2) is 44.7 Å². The summed E-state index contributed by atoms with van der Waals surface area (Å²) in [6, 6.07) is 6.10. The number of hydrogen-bond donors (Lipinski definition) is 0. The Kier molecular flexibility index (Phi) is 7.80. The van der Waals surface area contributed by atoms with Gasteiger partial charge in [-0.05, 0) is 66.9 Å². The second-order valence-electron chi connectivity index (χ2n) is 10.1. The van der Waals surface area contributed by atoms with Gasteiger partial charge in [0.15, 0.2) is 0 Å². The van der Waals surface area contributed by atoms with Crippen molar-refractivity contribution in [1.29, 1.82) is 0 Å². The maximum absolute atomic E-state index is 14.8. The van der Waals surface area contributed by atoms with E-state index >= 15 is 0 Å². The van der Waals surface area contributed by atoms with E-state index in [-0.39, 0.29) is 17.9 Å². The number of amides is 1. The molecule has 1 heterocycles. The van der Waals surface area contributed by atoms with Crippen LogP contribution in [-0.2, 0) is 22.0 Å². The fourth-order valence-electron chi connectivity index (χ4n) is 3.04. The van der Waals surface area contributed by atoms with Crippen LogP contribution in [0, 0.1) is 5.92 Å². The van der Waals surface area contributed by atoms with E-state index in [1.165, 1.54) is 12.1 Å². The average molecular weight is 457 g/mol. The summed E-state index contributed by atoms with van der Waals surface area (Å²) in [6.45, 7) is 13.4. The van der Waals surface area contributed by atoms with Gasteiger partial charge in [0, 0.05) is 30.6 Å². The van der Waals surface area contributed by atoms with Crippen LogP contribution in [0.3, 0.4) is 0 Å². The molecule has 1 aromatic rings. The van der Waals surface area contributed by atoms with E-state index in [0.717, 1.165) is 0 Å². The van der Waals surface area contributed by atoms with Crippen molar-refractivity contribution in [3.8, 4) is 0 Å². The largest absolute Gasteiger partial charge is 0.591 e. The van der Waals surface area contributed by atoms with Gasteiger partial charge in [0.1, 0.15) is 21.7 Å². The zero-order valence-electron chi connectivity index (χ0n) is 19.5. The van der Waals surface area contributed by atoms with Gasteiger partial charge in [0.25, 0.3) is 5.92 Å². The minimum Gasteiger partial charge on any atom is -0.591 e. The lowest BCUT2D eigenvalue weighted by Crippen LogP contribution is -2.51. The Morgan fingerprint density at radius 2 is 1.84 bits per heavy atom. The minimum absolute atomic E-state index is 0.0408. The highest BCUT2D eigenvalue weighted by Gasteiger charge is 2.38. The second-order valence-corrected chi connectivity index (χ2v) is 12.0. The molecule has 0 radical (unpaired) electrons. The van der Waals surface area contributed by atoms with Gasteiger partial charge < -0.3 is 14.2 Å². The topological polar surface area (TPSA) is 65.0 Å². The van der Waals surface area contributed by atoms with Gasteiger partial charge in [0.2, 0.25) is 0 Å². The first kappa shape index (κ1) is 25.6. The highest BCUT2D eigenvalue weighted by Crippen LogP contribution is 2.36. The van der Waals surface area contributed by atoms with Gasteiger partial charge in [0.05, 0.1) is 5.71 Å². The molecule has 1 saturated heterocycles. The SMILES string of the molecule is CC(=N[S+]([O-])C(C)(C)C)c1cccc(C(F)(F)CCC2CN(C(=O)OC(C)(C)C)C2)c1. The number of alkyl halides is 2. The molecule has 5 nitrogen and oxygen atoms in total. The van der Waals surface area contributed by atoms with Crippen molar-refractivity contribution in [2.24, 2.45) is 10.3 Å². The van der Waals surface area contributed by atoms with Crippen LogP contribution < -0.4 is 0 Å². The van der Waals surface area contributed by atoms with E-state index in [2.05, 4.69) is 4.40 Å². The molecular weight excluding hydrogens is 422 g/mol. The molecule has 0 bridgehead atoms. The van der Waals surface area contributed by atoms with Gasteiger partial charge in [-0.15, -0.1) is 0 Å². The average Bonchev–Trinajstić information content (AvgIpc) is 2.58. The Morgan fingerprint density at radius 3 is 2.39 bits per heavy atom. The Bertz CT molecular complexity index is 810. The van der Waals surface area contributed by atoms with E-state index in [1.54, 1.807) is 44.7 Å². The van der Waals surface area contributed by atoms with E-state index in [9.17, 15) is 18.1 Å². The monoisotopic (exact) mass is 456 g/mol. The first-order chi connectivity index (χ1) is 14.1. The van der Waals surface area contributed by atoms with Crippen LogP contribution in [0.2, 0.25) is 0 Å². The van der Waals surface area contributed by atoms with Crippen LogP contribution in [0.15, 0.2) is 28.7 Å². The maximum Gasteiger partial charge on any atom is 0.410 e. The van der Waals surface area contributed by atoms with Crippen molar-refractivity contribution in [1.82, 2.24) is 4.90 Å². The molecule has 1 amide bonds. The lowest BCUT2D eigenvalue weighted by Gasteiger charge is -2.40. The number of carbonyl (C=O) groups excluding carboxylic acids is 1. The number of carbonyl (C=O) groups is 1. The molecule has 1 aromatic carbocycles. The van der Waals surface area contributed by atoms with Crippen LogP contribution in [0.1, 0.15) is 72.4 Å². The first-order valence-electron chi connectivity index (χ1n) is 10.5. The second kappa shape index (κ2) is 9.45. The zero-order valence-corrected chi connectivity index (χ0v) is 20.3. The maximum atomic E-state index is 14.8. The third-order valence-corrected chi connectivity index (χ3v) is 6.41. The fraction of sp³-hybridized carbons (Fsp3) is 0.652. The van der Waals surface area contributed by atoms with Crippen molar-refractivity contribution in [2.45, 2.75) is 77.6 Å². The zero-order chi connectivity index (χ0) is 23.6. The highest BCUT2D eigenvalue weighted by molar-refractivity contribution is 7.91. The van der Waals surface area contributed by atoms with Crippen LogP contribution in [0.5, 0.6) is 0 Å². The molecule has 1 atom stereocenters. The van der Waals surface area contributed by atoms with E-state index in [1.807, 2.05) is 20.8 Å². The Labute approximate surface area is 187 Å². The molecule has 0 aliphatic carbocycles. The normalized spacial score (nSPS) is 17.4. The fourth-order valence-corrected chi connectivity index (χ4v) is 3.67. The number of halogens is 2. The van der Waals surface area contributed by atoms with E-state index in [0.29, 0.717) is 30.8 Å². The number of likely N-dealkylation sites (tertiary alicyclic amines) is 1. The van der Waals surface area contributed by atoms with Gasteiger partial charge >= 0.3 is 6.09 Å². The summed E-state index contributed by atoms with van der Waals surface area (Å²) in [7, 11) is 0. The summed E-state index contributed by atoms with van der Waals surface area (Å²) in [6.07, 6.45) is -0.379. The smallest absolute Gasteiger partial charge is 0.410 e. The quantitative estimate of drug-likeness (QED) is 0.408. The number of hydrogen-bond acceptors (Lipinski definition) is 4. The predicted molar refractivity (Wildman–Crippen MR) is 121 cm³/mol. The highest BCUT2D eigenvalue weighted by atomic mass is 32.2. The molecule has 31 heavy (non-hydrogen) atoms. The third kappa shape index (κ3) is 7.45. The molecule has 1 unspecified atom stereocenters. The lowest BCUT2D eigenvalue weighted by atomic mass is 9.91. The molecule has 1 fully saturated rings. The van der Waals surface area contributed by atoms with Gasteiger partial charge in [-0.3, -0.25) is 0 Å². The molecule has 0 spiro atoms. The summed E-state index contributed by atoms with van der Waals surface area (Å²) >= 11 is -1.45. The summed E-state index contributed by atoms with van der Waals surface area (Å²) in [4.78, 5) is 13.5. The molecule has 0 saturated carbocycles. The number of benzene rings is 1. The predicted octanol–water partition coefficient (Wildman–Crippen LogP) is 5.70. The molecule has 0 aromatic heterocycles. The van der Waals surface area contributed by atoms with Crippen LogP contribution >= 0.6 is 0 Å². The van der Waals surface area contributed by atoms with Crippen molar-refractivity contribution in [3.63, 3.8) is 0 Å². The van der Waals surface area contributed by atoms with Crippen molar-refractivity contribution >= 4 is 23.2 Å². The summed E-state index contributed by atoms with van der Waals surface area (Å²) in [5.74, 6) is -2.95. The van der Waals surface area contributed by atoms with Crippen LogP contribution in [0.4, 0.5) is 13.6 Å². The Hall–Kier alpha value is -1.67. The molecule has 1 aliphatic heterocycles. The lowest BCUT2D eigenvalue weighted by molar-refractivity contribution is -0.0337. The molecule has 2 rings (SSSR count). The van der Waals surface area contributed by atoms with Gasteiger partial charge in [-0.25, -0.2) is 13.6 Å². The Morgan fingerprint density at radius 1 is 1.23 bits per heavy atom. The van der Waals surface area contributed by atoms with Gasteiger partial charge in [-0.1, -0.05) is 22.6 Å². The molecule has 1 aliphatic rings. The molecular formula is C23H34F2N2O3S. The van der Waals surface area contributed by atoms with Gasteiger partial charge in [-0.2, -0.15) is 0 Å². The molecule has 0 N–H and O–H groups in total. The molecule has 8 heteroatoms. The minimum atomic E-state index is -2.99. The summed E-state index contributed by atoms with van der Waals surface area (Å²) in [5, 5.41) is 0. The number of rotatable bonds is 6. The third-order valence-electron chi connectivity index (χ3n) is 4.92. The number of ether oxygens (including phenoxy) is 1. The molecule has 174 valence electrons. The van der Waals surface area contributed by atoms with Crippen LogP contribution in [0.25, 0.3) is 0 Å².